The average molecular weight is 370 g/mol. The molecule has 2 rings (SSSR count). The monoisotopic (exact) mass is 370 g/mol. The first kappa shape index (κ1) is 20.3. The van der Waals surface area contributed by atoms with Crippen LogP contribution in [0.15, 0.2) is 24.3 Å². The molecule has 1 saturated heterocycles. The molecule has 4 nitrogen and oxygen atoms in total. The van der Waals surface area contributed by atoms with E-state index < -0.39 is 18.5 Å². The van der Waals surface area contributed by atoms with Crippen molar-refractivity contribution in [2.45, 2.75) is 39.3 Å². The minimum absolute atomic E-state index is 0.138. The zero-order chi connectivity index (χ0) is 19.3. The smallest absolute Gasteiger partial charge is 0.342 e. The van der Waals surface area contributed by atoms with E-state index >= 15 is 0 Å². The number of piperidine rings is 1. The Bertz CT molecular complexity index is 629. The van der Waals surface area contributed by atoms with E-state index in [1.54, 1.807) is 24.0 Å². The number of amides is 2. The summed E-state index contributed by atoms with van der Waals surface area (Å²) in [5, 5.41) is 0. The van der Waals surface area contributed by atoms with Crippen molar-refractivity contribution in [2.24, 2.45) is 5.92 Å². The average Bonchev–Trinajstić information content (AvgIpc) is 2.61. The molecule has 7 heteroatoms. The highest BCUT2D eigenvalue weighted by molar-refractivity contribution is 5.94. The summed E-state index contributed by atoms with van der Waals surface area (Å²) in [6.07, 6.45) is -4.02. The van der Waals surface area contributed by atoms with Gasteiger partial charge in [-0.2, -0.15) is 13.2 Å². The second kappa shape index (κ2) is 8.56. The molecule has 1 fully saturated rings. The van der Waals surface area contributed by atoms with Crippen molar-refractivity contribution >= 4 is 11.8 Å². The van der Waals surface area contributed by atoms with Crippen molar-refractivity contribution in [1.82, 2.24) is 9.80 Å². The molecular formula is C19H25F3N2O2. The molecule has 1 aromatic carbocycles. The maximum absolute atomic E-state index is 12.6. The van der Waals surface area contributed by atoms with Crippen molar-refractivity contribution in [2.75, 3.05) is 26.2 Å². The number of benzene rings is 1. The minimum atomic E-state index is -4.28. The predicted octanol–water partition coefficient (Wildman–Crippen LogP) is 3.65. The maximum atomic E-state index is 12.6. The van der Waals surface area contributed by atoms with E-state index in [4.69, 9.17) is 0 Å². The Kier molecular flexibility index (Phi) is 6.67. The van der Waals surface area contributed by atoms with Gasteiger partial charge < -0.3 is 9.80 Å². The molecule has 144 valence electrons. The molecule has 0 aromatic heterocycles. The standard InChI is InChI=1S/C19H25F3N2O2/c1-3-23(12-10-19(20,21)22)18(26)16-5-4-11-24(13-16)17(25)15-8-6-14(2)7-9-15/h6-9,16H,3-5,10-13H2,1-2H3. The summed E-state index contributed by atoms with van der Waals surface area (Å²) in [5.41, 5.74) is 1.62. The molecular weight excluding hydrogens is 345 g/mol. The SMILES string of the molecule is CCN(CCC(F)(F)F)C(=O)C1CCCN(C(=O)c2ccc(C)cc2)C1. The zero-order valence-corrected chi connectivity index (χ0v) is 15.2. The van der Waals surface area contributed by atoms with Crippen LogP contribution in [0.4, 0.5) is 13.2 Å². The van der Waals surface area contributed by atoms with Gasteiger partial charge in [0.05, 0.1) is 12.3 Å². The van der Waals surface area contributed by atoms with E-state index in [-0.39, 0.29) is 31.4 Å². The van der Waals surface area contributed by atoms with Crippen LogP contribution in [0.2, 0.25) is 0 Å². The molecule has 1 aromatic rings. The van der Waals surface area contributed by atoms with Crippen LogP contribution in [0.1, 0.15) is 42.1 Å². The molecule has 0 N–H and O–H groups in total. The van der Waals surface area contributed by atoms with E-state index in [0.29, 0.717) is 24.9 Å². The third-order valence-corrected chi connectivity index (χ3v) is 4.71. The highest BCUT2D eigenvalue weighted by Gasteiger charge is 2.33. The van der Waals surface area contributed by atoms with Crippen molar-refractivity contribution < 1.29 is 22.8 Å². The Balaban J connectivity index is 2.00. The van der Waals surface area contributed by atoms with E-state index in [1.807, 2.05) is 19.1 Å². The highest BCUT2D eigenvalue weighted by Crippen LogP contribution is 2.23. The fourth-order valence-corrected chi connectivity index (χ4v) is 3.19. The first-order valence-corrected chi connectivity index (χ1v) is 8.92. The summed E-state index contributed by atoms with van der Waals surface area (Å²) >= 11 is 0. The van der Waals surface area contributed by atoms with Crippen LogP contribution in [-0.2, 0) is 4.79 Å². The summed E-state index contributed by atoms with van der Waals surface area (Å²) in [5.74, 6) is -0.870. The molecule has 1 unspecified atom stereocenters. The van der Waals surface area contributed by atoms with E-state index in [1.165, 1.54) is 4.90 Å². The van der Waals surface area contributed by atoms with Gasteiger partial charge >= 0.3 is 6.18 Å². The van der Waals surface area contributed by atoms with Crippen LogP contribution >= 0.6 is 0 Å². The van der Waals surface area contributed by atoms with Crippen LogP contribution in [0.5, 0.6) is 0 Å². The summed E-state index contributed by atoms with van der Waals surface area (Å²) < 4.78 is 37.4. The summed E-state index contributed by atoms with van der Waals surface area (Å²) in [6.45, 7) is 4.33. The summed E-state index contributed by atoms with van der Waals surface area (Å²) in [6, 6.07) is 7.22. The molecule has 1 atom stereocenters. The Hall–Kier alpha value is -2.05. The normalized spacial score (nSPS) is 17.9. The molecule has 0 aliphatic carbocycles. The molecule has 0 radical (unpaired) electrons. The Labute approximate surface area is 152 Å². The van der Waals surface area contributed by atoms with E-state index in [2.05, 4.69) is 0 Å². The number of rotatable bonds is 5. The van der Waals surface area contributed by atoms with Gasteiger partial charge in [0.2, 0.25) is 5.91 Å². The van der Waals surface area contributed by atoms with Crippen molar-refractivity contribution in [1.29, 1.82) is 0 Å². The zero-order valence-electron chi connectivity index (χ0n) is 15.2. The molecule has 0 bridgehead atoms. The number of halogens is 3. The quantitative estimate of drug-likeness (QED) is 0.794. The van der Waals surface area contributed by atoms with Crippen molar-refractivity contribution in [3.63, 3.8) is 0 Å². The van der Waals surface area contributed by atoms with Gasteiger partial charge in [0.15, 0.2) is 0 Å². The lowest BCUT2D eigenvalue weighted by Crippen LogP contribution is -2.47. The van der Waals surface area contributed by atoms with Gasteiger partial charge in [0.1, 0.15) is 0 Å². The lowest BCUT2D eigenvalue weighted by Gasteiger charge is -2.35. The lowest BCUT2D eigenvalue weighted by molar-refractivity contribution is -0.148. The summed E-state index contributed by atoms with van der Waals surface area (Å²) in [7, 11) is 0. The third-order valence-electron chi connectivity index (χ3n) is 4.71. The van der Waals surface area contributed by atoms with Gasteiger partial charge in [0.25, 0.3) is 5.91 Å². The van der Waals surface area contributed by atoms with Crippen LogP contribution in [-0.4, -0.2) is 54.0 Å². The van der Waals surface area contributed by atoms with Crippen molar-refractivity contribution in [3.05, 3.63) is 35.4 Å². The molecule has 0 saturated carbocycles. The number of carbonyl (C=O) groups excluding carboxylic acids is 2. The number of hydrogen-bond acceptors (Lipinski definition) is 2. The molecule has 2 amide bonds. The molecule has 26 heavy (non-hydrogen) atoms. The number of nitrogens with zero attached hydrogens (tertiary/aromatic N) is 2. The van der Waals surface area contributed by atoms with Crippen molar-refractivity contribution in [3.8, 4) is 0 Å². The van der Waals surface area contributed by atoms with Gasteiger partial charge in [-0.1, -0.05) is 17.7 Å². The minimum Gasteiger partial charge on any atom is -0.342 e. The lowest BCUT2D eigenvalue weighted by atomic mass is 9.95. The van der Waals surface area contributed by atoms with Gasteiger partial charge in [-0.3, -0.25) is 9.59 Å². The van der Waals surface area contributed by atoms with Gasteiger partial charge in [0, 0.05) is 31.7 Å². The Morgan fingerprint density at radius 1 is 1.23 bits per heavy atom. The van der Waals surface area contributed by atoms with Gasteiger partial charge in [-0.25, -0.2) is 0 Å². The largest absolute Gasteiger partial charge is 0.390 e. The van der Waals surface area contributed by atoms with E-state index in [9.17, 15) is 22.8 Å². The topological polar surface area (TPSA) is 40.6 Å². The fraction of sp³-hybridized carbons (Fsp3) is 0.579. The van der Waals surface area contributed by atoms with Crippen LogP contribution in [0.3, 0.4) is 0 Å². The Morgan fingerprint density at radius 3 is 2.46 bits per heavy atom. The number of likely N-dealkylation sites (tertiary alicyclic amines) is 1. The number of aryl methyl sites for hydroxylation is 1. The molecule has 1 aliphatic heterocycles. The fourth-order valence-electron chi connectivity index (χ4n) is 3.19. The van der Waals surface area contributed by atoms with Crippen LogP contribution < -0.4 is 0 Å². The maximum Gasteiger partial charge on any atom is 0.390 e. The number of hydrogen-bond donors (Lipinski definition) is 0. The predicted molar refractivity (Wildman–Crippen MR) is 92.7 cm³/mol. The van der Waals surface area contributed by atoms with Crippen LogP contribution in [0, 0.1) is 12.8 Å². The van der Waals surface area contributed by atoms with Crippen LogP contribution in [0.25, 0.3) is 0 Å². The number of carbonyl (C=O) groups is 2. The van der Waals surface area contributed by atoms with Gasteiger partial charge in [-0.05, 0) is 38.8 Å². The molecule has 0 spiro atoms. The number of alkyl halides is 3. The summed E-state index contributed by atoms with van der Waals surface area (Å²) in [4.78, 5) is 28.1. The first-order chi connectivity index (χ1) is 12.2. The Morgan fingerprint density at radius 2 is 1.88 bits per heavy atom. The molecule has 1 heterocycles. The second-order valence-corrected chi connectivity index (χ2v) is 6.74. The molecule has 1 aliphatic rings. The second-order valence-electron chi connectivity index (χ2n) is 6.74. The van der Waals surface area contributed by atoms with E-state index in [0.717, 1.165) is 5.56 Å². The third kappa shape index (κ3) is 5.47. The highest BCUT2D eigenvalue weighted by atomic mass is 19.4. The first-order valence-electron chi connectivity index (χ1n) is 8.92. The van der Waals surface area contributed by atoms with Gasteiger partial charge in [-0.15, -0.1) is 0 Å².